The van der Waals surface area contributed by atoms with Crippen LogP contribution in [0.5, 0.6) is 0 Å². The van der Waals surface area contributed by atoms with Crippen molar-refractivity contribution in [2.24, 2.45) is 5.73 Å². The maximum atomic E-state index is 11.1. The molecule has 128 valence electrons. The zero-order valence-corrected chi connectivity index (χ0v) is 13.3. The average Bonchev–Trinajstić information content (AvgIpc) is 2.96. The van der Waals surface area contributed by atoms with Crippen molar-refractivity contribution >= 4 is 17.6 Å². The van der Waals surface area contributed by atoms with Gasteiger partial charge in [-0.05, 0) is 23.8 Å². The van der Waals surface area contributed by atoms with Crippen LogP contribution in [0, 0.1) is 0 Å². The maximum Gasteiger partial charge on any atom is 0.319 e. The summed E-state index contributed by atoms with van der Waals surface area (Å²) in [5.74, 6) is 0.153. The van der Waals surface area contributed by atoms with Crippen molar-refractivity contribution in [1.29, 1.82) is 0 Å². The zero-order chi connectivity index (χ0) is 17.4. The lowest BCUT2D eigenvalue weighted by Gasteiger charge is -2.35. The van der Waals surface area contributed by atoms with Crippen molar-refractivity contribution in [3.8, 4) is 11.1 Å². The number of nitrogens with zero attached hydrogens (tertiary/aromatic N) is 5. The van der Waals surface area contributed by atoms with Crippen LogP contribution in [-0.4, -0.2) is 54.8 Å². The van der Waals surface area contributed by atoms with Crippen molar-refractivity contribution in [1.82, 2.24) is 24.5 Å². The first kappa shape index (κ1) is 15.5. The molecular weight excluding hydrogens is 322 g/mol. The molecule has 1 fully saturated rings. The first-order valence-electron chi connectivity index (χ1n) is 7.85. The largest absolute Gasteiger partial charge is 0.390 e. The van der Waals surface area contributed by atoms with E-state index in [9.17, 15) is 9.90 Å². The zero-order valence-electron chi connectivity index (χ0n) is 13.3. The molecule has 9 nitrogen and oxygen atoms in total. The molecule has 3 aromatic heterocycles. The number of aromatic nitrogens is 4. The van der Waals surface area contributed by atoms with Crippen LogP contribution in [0.25, 0.3) is 16.8 Å². The number of rotatable bonds is 4. The number of urea groups is 1. The number of pyridine rings is 2. The van der Waals surface area contributed by atoms with Gasteiger partial charge in [-0.2, -0.15) is 4.98 Å². The molecule has 4 rings (SSSR count). The average molecular weight is 339 g/mol. The smallest absolute Gasteiger partial charge is 0.319 e. The minimum absolute atomic E-state index is 0.153. The number of carbonyl (C=O) groups excluding carboxylic acids is 1. The van der Waals surface area contributed by atoms with Crippen molar-refractivity contribution in [2.45, 2.75) is 12.6 Å². The molecule has 4 heterocycles. The number of nitrogens with two attached hydrogens (primary N) is 1. The topological polar surface area (TPSA) is 122 Å². The predicted molar refractivity (Wildman–Crippen MR) is 90.7 cm³/mol. The quantitative estimate of drug-likeness (QED) is 0.635. The van der Waals surface area contributed by atoms with E-state index in [-0.39, 0.29) is 12.1 Å². The molecule has 1 aliphatic heterocycles. The molecule has 25 heavy (non-hydrogen) atoms. The van der Waals surface area contributed by atoms with Gasteiger partial charge < -0.3 is 10.8 Å². The van der Waals surface area contributed by atoms with Gasteiger partial charge >= 0.3 is 6.03 Å². The second-order valence-corrected chi connectivity index (χ2v) is 6.02. The number of aliphatic hydroxyl groups excluding tert-OH is 1. The van der Waals surface area contributed by atoms with Gasteiger partial charge in [0.2, 0.25) is 0 Å². The number of hydrogen-bond acceptors (Lipinski definition) is 6. The highest BCUT2D eigenvalue weighted by Crippen LogP contribution is 2.24. The van der Waals surface area contributed by atoms with Gasteiger partial charge in [-0.25, -0.2) is 9.31 Å². The highest BCUT2D eigenvalue weighted by molar-refractivity contribution is 5.86. The maximum absolute atomic E-state index is 11.1. The Morgan fingerprint density at radius 3 is 2.88 bits per heavy atom. The summed E-state index contributed by atoms with van der Waals surface area (Å²) in [6.07, 6.45) is 3.22. The first-order chi connectivity index (χ1) is 12.1. The van der Waals surface area contributed by atoms with E-state index in [1.165, 1.54) is 0 Å². The Balaban J connectivity index is 1.77. The molecular formula is C16H17N7O2. The Kier molecular flexibility index (Phi) is 3.79. The number of β-amino-alcohol motifs (C(OH)–C–C–N with tert-alkyl or cyclic N) is 1. The summed E-state index contributed by atoms with van der Waals surface area (Å²) in [7, 11) is 0. The fourth-order valence-corrected chi connectivity index (χ4v) is 2.93. The molecule has 1 saturated heterocycles. The minimum Gasteiger partial charge on any atom is -0.390 e. The second kappa shape index (κ2) is 6.11. The monoisotopic (exact) mass is 339 g/mol. The van der Waals surface area contributed by atoms with Gasteiger partial charge in [-0.15, -0.1) is 5.10 Å². The van der Waals surface area contributed by atoms with Gasteiger partial charge in [0.25, 0.3) is 5.95 Å². The van der Waals surface area contributed by atoms with E-state index in [1.54, 1.807) is 16.9 Å². The SMILES string of the molecule is NC(=O)Nc1nc2cc(-c3cccnc3)cc(CN3CC(O)C3)n2n1. The van der Waals surface area contributed by atoms with E-state index in [4.69, 9.17) is 5.73 Å². The Bertz CT molecular complexity index is 919. The first-order valence-corrected chi connectivity index (χ1v) is 7.85. The Labute approximate surface area is 143 Å². The number of carbonyl (C=O) groups is 1. The minimum atomic E-state index is -0.712. The lowest BCUT2D eigenvalue weighted by Crippen LogP contribution is -2.50. The molecule has 3 aromatic rings. The van der Waals surface area contributed by atoms with Gasteiger partial charge in [-0.3, -0.25) is 15.2 Å². The van der Waals surface area contributed by atoms with Crippen molar-refractivity contribution < 1.29 is 9.90 Å². The van der Waals surface area contributed by atoms with Crippen molar-refractivity contribution in [2.75, 3.05) is 18.4 Å². The molecule has 0 aliphatic carbocycles. The molecule has 0 unspecified atom stereocenters. The van der Waals surface area contributed by atoms with Crippen LogP contribution in [-0.2, 0) is 6.54 Å². The van der Waals surface area contributed by atoms with Gasteiger partial charge in [0.15, 0.2) is 5.65 Å². The standard InChI is InChI=1S/C16H17N7O2/c17-15(25)20-16-19-14-5-11(10-2-1-3-18-6-10)4-12(23(14)21-16)7-22-8-13(24)9-22/h1-6,13,24H,7-9H2,(H3,17,20,21,25). The third-order valence-electron chi connectivity index (χ3n) is 4.06. The third kappa shape index (κ3) is 3.14. The summed E-state index contributed by atoms with van der Waals surface area (Å²) in [6, 6.07) is 7.02. The van der Waals surface area contributed by atoms with Crippen LogP contribution < -0.4 is 11.1 Å². The van der Waals surface area contributed by atoms with E-state index in [1.807, 2.05) is 24.3 Å². The van der Waals surface area contributed by atoms with Crippen LogP contribution in [0.2, 0.25) is 0 Å². The van der Waals surface area contributed by atoms with Crippen LogP contribution in [0.1, 0.15) is 5.69 Å². The van der Waals surface area contributed by atoms with E-state index in [0.717, 1.165) is 16.8 Å². The number of amides is 2. The fraction of sp³-hybridized carbons (Fsp3) is 0.250. The summed E-state index contributed by atoms with van der Waals surface area (Å²) in [6.45, 7) is 1.86. The number of anilines is 1. The van der Waals surface area contributed by atoms with Crippen LogP contribution in [0.4, 0.5) is 10.7 Å². The molecule has 9 heteroatoms. The number of nitrogens with one attached hydrogen (secondary N) is 1. The summed E-state index contributed by atoms with van der Waals surface area (Å²) < 4.78 is 1.68. The molecule has 4 N–H and O–H groups in total. The molecule has 0 atom stereocenters. The normalized spacial score (nSPS) is 15.2. The lowest BCUT2D eigenvalue weighted by atomic mass is 10.1. The van der Waals surface area contributed by atoms with Crippen LogP contribution in [0.3, 0.4) is 0 Å². The van der Waals surface area contributed by atoms with Gasteiger partial charge in [0, 0.05) is 37.6 Å². The molecule has 0 spiro atoms. The summed E-state index contributed by atoms with van der Waals surface area (Å²) in [5, 5.41) is 16.2. The molecule has 0 bridgehead atoms. The highest BCUT2D eigenvalue weighted by atomic mass is 16.3. The molecule has 1 aliphatic rings. The molecule has 0 aromatic carbocycles. The Morgan fingerprint density at radius 1 is 1.36 bits per heavy atom. The predicted octanol–water partition coefficient (Wildman–Crippen LogP) is 0.458. The Hall–Kier alpha value is -3.04. The third-order valence-corrected chi connectivity index (χ3v) is 4.06. The molecule has 0 saturated carbocycles. The number of hydrogen-bond donors (Lipinski definition) is 3. The lowest BCUT2D eigenvalue weighted by molar-refractivity contribution is -0.00386. The molecule has 0 radical (unpaired) electrons. The van der Waals surface area contributed by atoms with E-state index in [2.05, 4.69) is 25.3 Å². The number of primary amides is 1. The van der Waals surface area contributed by atoms with Crippen LogP contribution in [0.15, 0.2) is 36.7 Å². The van der Waals surface area contributed by atoms with Crippen molar-refractivity contribution in [3.05, 3.63) is 42.4 Å². The van der Waals surface area contributed by atoms with Crippen LogP contribution >= 0.6 is 0 Å². The highest BCUT2D eigenvalue weighted by Gasteiger charge is 2.25. The molecule has 2 amide bonds. The van der Waals surface area contributed by atoms with Gasteiger partial charge in [-0.1, -0.05) is 6.07 Å². The second-order valence-electron chi connectivity index (χ2n) is 6.02. The van der Waals surface area contributed by atoms with Gasteiger partial charge in [0.1, 0.15) is 0 Å². The van der Waals surface area contributed by atoms with E-state index >= 15 is 0 Å². The van der Waals surface area contributed by atoms with E-state index in [0.29, 0.717) is 25.3 Å². The summed E-state index contributed by atoms with van der Waals surface area (Å²) >= 11 is 0. The number of fused-ring (bicyclic) bond motifs is 1. The summed E-state index contributed by atoms with van der Waals surface area (Å²) in [5.41, 5.74) is 8.56. The number of aliphatic hydroxyl groups is 1. The Morgan fingerprint density at radius 2 is 2.20 bits per heavy atom. The number of likely N-dealkylation sites (tertiary alicyclic amines) is 1. The van der Waals surface area contributed by atoms with Gasteiger partial charge in [0.05, 0.1) is 11.8 Å². The fourth-order valence-electron chi connectivity index (χ4n) is 2.93. The summed E-state index contributed by atoms with van der Waals surface area (Å²) in [4.78, 5) is 21.6. The van der Waals surface area contributed by atoms with E-state index < -0.39 is 6.03 Å². The van der Waals surface area contributed by atoms with Crippen molar-refractivity contribution in [3.63, 3.8) is 0 Å².